The number of rotatable bonds is 1. The summed E-state index contributed by atoms with van der Waals surface area (Å²) in [5.74, 6) is 1.93. The summed E-state index contributed by atoms with van der Waals surface area (Å²) in [6.07, 6.45) is 4.04. The molecule has 1 fully saturated rings. The summed E-state index contributed by atoms with van der Waals surface area (Å²) < 4.78 is 0. The van der Waals surface area contributed by atoms with E-state index in [9.17, 15) is 0 Å². The first-order valence-electron chi connectivity index (χ1n) is 7.34. The van der Waals surface area contributed by atoms with Gasteiger partial charge in [0.15, 0.2) is 0 Å². The van der Waals surface area contributed by atoms with E-state index in [2.05, 4.69) is 41.0 Å². The van der Waals surface area contributed by atoms with Crippen molar-refractivity contribution in [2.45, 2.75) is 40.2 Å². The molecule has 0 amide bonds. The first kappa shape index (κ1) is 12.9. The van der Waals surface area contributed by atoms with Crippen molar-refractivity contribution in [2.75, 3.05) is 24.5 Å². The lowest BCUT2D eigenvalue weighted by molar-refractivity contribution is 0.263. The van der Waals surface area contributed by atoms with Gasteiger partial charge in [-0.15, -0.1) is 0 Å². The molecule has 0 aliphatic carbocycles. The topological polar surface area (TPSA) is 41.1 Å². The fourth-order valence-electron chi connectivity index (χ4n) is 3.19. The lowest BCUT2D eigenvalue weighted by Gasteiger charge is -2.28. The van der Waals surface area contributed by atoms with Crippen LogP contribution in [0.5, 0.6) is 0 Å². The molecule has 2 aliphatic rings. The van der Waals surface area contributed by atoms with Gasteiger partial charge in [-0.25, -0.2) is 9.97 Å². The van der Waals surface area contributed by atoms with Crippen LogP contribution in [0.2, 0.25) is 0 Å². The predicted octanol–water partition coefficient (Wildman–Crippen LogP) is 1.99. The fourth-order valence-corrected chi connectivity index (χ4v) is 3.19. The standard InChI is InChI=1S/C15H24N4/c1-15(2,3)11-5-7-19(9-11)14-12-8-16-6-4-13(12)17-10-18-14/h10-11,16H,4-9H2,1-3H3. The Balaban J connectivity index is 1.84. The highest BCUT2D eigenvalue weighted by atomic mass is 15.2. The van der Waals surface area contributed by atoms with Gasteiger partial charge in [0.1, 0.15) is 12.1 Å². The number of hydrogen-bond donors (Lipinski definition) is 1. The zero-order valence-corrected chi connectivity index (χ0v) is 12.2. The monoisotopic (exact) mass is 260 g/mol. The van der Waals surface area contributed by atoms with Crippen molar-refractivity contribution in [3.8, 4) is 0 Å². The Kier molecular flexibility index (Phi) is 3.21. The van der Waals surface area contributed by atoms with Crippen molar-refractivity contribution in [2.24, 2.45) is 11.3 Å². The zero-order chi connectivity index (χ0) is 13.5. The highest BCUT2D eigenvalue weighted by Crippen LogP contribution is 2.36. The van der Waals surface area contributed by atoms with Gasteiger partial charge in [-0.05, 0) is 17.8 Å². The average Bonchev–Trinajstić information content (AvgIpc) is 2.87. The summed E-state index contributed by atoms with van der Waals surface area (Å²) in [6.45, 7) is 11.3. The van der Waals surface area contributed by atoms with E-state index in [-0.39, 0.29) is 0 Å². The first-order valence-corrected chi connectivity index (χ1v) is 7.34. The molecule has 1 atom stereocenters. The van der Waals surface area contributed by atoms with Gasteiger partial charge in [-0.3, -0.25) is 0 Å². The van der Waals surface area contributed by atoms with E-state index in [1.807, 2.05) is 0 Å². The molecule has 1 aromatic rings. The van der Waals surface area contributed by atoms with Gasteiger partial charge in [0.05, 0.1) is 5.69 Å². The van der Waals surface area contributed by atoms with Crippen molar-refractivity contribution in [3.05, 3.63) is 17.6 Å². The maximum absolute atomic E-state index is 4.57. The van der Waals surface area contributed by atoms with E-state index in [4.69, 9.17) is 0 Å². The lowest BCUT2D eigenvalue weighted by atomic mass is 9.80. The Morgan fingerprint density at radius 1 is 1.32 bits per heavy atom. The molecule has 104 valence electrons. The number of fused-ring (bicyclic) bond motifs is 1. The molecular weight excluding hydrogens is 236 g/mol. The Hall–Kier alpha value is -1.16. The van der Waals surface area contributed by atoms with Crippen LogP contribution in [-0.2, 0) is 13.0 Å². The number of nitrogens with zero attached hydrogens (tertiary/aromatic N) is 3. The molecule has 1 N–H and O–H groups in total. The molecule has 1 aromatic heterocycles. The predicted molar refractivity (Wildman–Crippen MR) is 77.2 cm³/mol. The third-order valence-electron chi connectivity index (χ3n) is 4.56. The van der Waals surface area contributed by atoms with Gasteiger partial charge in [0, 0.05) is 38.2 Å². The van der Waals surface area contributed by atoms with Crippen LogP contribution in [0.3, 0.4) is 0 Å². The van der Waals surface area contributed by atoms with Crippen LogP contribution in [0, 0.1) is 11.3 Å². The van der Waals surface area contributed by atoms with Gasteiger partial charge in [-0.2, -0.15) is 0 Å². The van der Waals surface area contributed by atoms with E-state index in [0.29, 0.717) is 5.41 Å². The van der Waals surface area contributed by atoms with Crippen LogP contribution in [0.25, 0.3) is 0 Å². The minimum Gasteiger partial charge on any atom is -0.356 e. The molecule has 3 heterocycles. The molecule has 0 spiro atoms. The van der Waals surface area contributed by atoms with E-state index < -0.39 is 0 Å². The van der Waals surface area contributed by atoms with Gasteiger partial charge < -0.3 is 10.2 Å². The van der Waals surface area contributed by atoms with Crippen LogP contribution in [0.15, 0.2) is 6.33 Å². The normalized spacial score (nSPS) is 23.5. The second-order valence-electron chi connectivity index (χ2n) is 6.85. The molecule has 1 saturated heterocycles. The molecule has 4 nitrogen and oxygen atoms in total. The molecule has 19 heavy (non-hydrogen) atoms. The summed E-state index contributed by atoms with van der Waals surface area (Å²) in [5.41, 5.74) is 2.95. The molecule has 0 bridgehead atoms. The maximum Gasteiger partial charge on any atom is 0.136 e. The molecule has 0 aromatic carbocycles. The average molecular weight is 260 g/mol. The molecule has 1 unspecified atom stereocenters. The third kappa shape index (κ3) is 2.46. The van der Waals surface area contributed by atoms with Crippen LogP contribution >= 0.6 is 0 Å². The van der Waals surface area contributed by atoms with E-state index in [0.717, 1.165) is 38.5 Å². The molecule has 4 heteroatoms. The quantitative estimate of drug-likeness (QED) is 0.838. The van der Waals surface area contributed by atoms with Gasteiger partial charge in [0.25, 0.3) is 0 Å². The Labute approximate surface area is 115 Å². The van der Waals surface area contributed by atoms with Gasteiger partial charge >= 0.3 is 0 Å². The van der Waals surface area contributed by atoms with Crippen molar-refractivity contribution in [1.29, 1.82) is 0 Å². The lowest BCUT2D eigenvalue weighted by Crippen LogP contribution is -2.31. The summed E-state index contributed by atoms with van der Waals surface area (Å²) in [6, 6.07) is 0. The number of nitrogens with one attached hydrogen (secondary N) is 1. The highest BCUT2D eigenvalue weighted by Gasteiger charge is 2.33. The van der Waals surface area contributed by atoms with Crippen LogP contribution < -0.4 is 10.2 Å². The maximum atomic E-state index is 4.57. The summed E-state index contributed by atoms with van der Waals surface area (Å²) in [5, 5.41) is 3.44. The summed E-state index contributed by atoms with van der Waals surface area (Å²) >= 11 is 0. The van der Waals surface area contributed by atoms with Gasteiger partial charge in [-0.1, -0.05) is 20.8 Å². The van der Waals surface area contributed by atoms with Crippen molar-refractivity contribution < 1.29 is 0 Å². The minimum atomic E-state index is 0.389. The van der Waals surface area contributed by atoms with Crippen LogP contribution in [0.1, 0.15) is 38.4 Å². The second kappa shape index (κ2) is 4.75. The number of anilines is 1. The molecule has 3 rings (SSSR count). The molecule has 0 radical (unpaired) electrons. The summed E-state index contributed by atoms with van der Waals surface area (Å²) in [7, 11) is 0. The van der Waals surface area contributed by atoms with E-state index in [1.54, 1.807) is 6.33 Å². The molecule has 0 saturated carbocycles. The zero-order valence-electron chi connectivity index (χ0n) is 12.2. The molecular formula is C15H24N4. The van der Waals surface area contributed by atoms with Crippen molar-refractivity contribution >= 4 is 5.82 Å². The largest absolute Gasteiger partial charge is 0.356 e. The van der Waals surface area contributed by atoms with E-state index >= 15 is 0 Å². The van der Waals surface area contributed by atoms with Gasteiger partial charge in [0.2, 0.25) is 0 Å². The SMILES string of the molecule is CC(C)(C)C1CCN(c2ncnc3c2CNCC3)C1. The molecule has 2 aliphatic heterocycles. The smallest absolute Gasteiger partial charge is 0.136 e. The van der Waals surface area contributed by atoms with Crippen molar-refractivity contribution in [1.82, 2.24) is 15.3 Å². The minimum absolute atomic E-state index is 0.389. The summed E-state index contributed by atoms with van der Waals surface area (Å²) in [4.78, 5) is 11.5. The third-order valence-corrected chi connectivity index (χ3v) is 4.56. The highest BCUT2D eigenvalue weighted by molar-refractivity contribution is 5.50. The Bertz CT molecular complexity index is 464. The number of aromatic nitrogens is 2. The second-order valence-corrected chi connectivity index (χ2v) is 6.85. The van der Waals surface area contributed by atoms with Crippen LogP contribution in [0.4, 0.5) is 5.82 Å². The van der Waals surface area contributed by atoms with Crippen molar-refractivity contribution in [3.63, 3.8) is 0 Å². The number of hydrogen-bond acceptors (Lipinski definition) is 4. The van der Waals surface area contributed by atoms with E-state index in [1.165, 1.54) is 23.5 Å². The Morgan fingerprint density at radius 2 is 2.16 bits per heavy atom. The Morgan fingerprint density at radius 3 is 2.89 bits per heavy atom. The first-order chi connectivity index (χ1) is 9.05. The fraction of sp³-hybridized carbons (Fsp3) is 0.733. The van der Waals surface area contributed by atoms with Crippen LogP contribution in [-0.4, -0.2) is 29.6 Å².